The second-order valence-corrected chi connectivity index (χ2v) is 7.96. The maximum Gasteiger partial charge on any atom is 0.407 e. The lowest BCUT2D eigenvalue weighted by molar-refractivity contribution is -0.00888. The summed E-state index contributed by atoms with van der Waals surface area (Å²) in [4.78, 5) is 12.1. The van der Waals surface area contributed by atoms with Gasteiger partial charge in [-0.1, -0.05) is 54.5 Å². The number of carbonyl (C=O) groups excluding carboxylic acids is 1. The molecule has 0 radical (unpaired) electrons. The Morgan fingerprint density at radius 3 is 1.72 bits per heavy atom. The monoisotopic (exact) mass is 497 g/mol. The summed E-state index contributed by atoms with van der Waals surface area (Å²) in [6.45, 7) is 5.18. The van der Waals surface area contributed by atoms with E-state index in [-0.39, 0.29) is 5.92 Å². The van der Waals surface area contributed by atoms with Crippen LogP contribution in [0.5, 0.6) is 0 Å². The van der Waals surface area contributed by atoms with Gasteiger partial charge in [-0.15, -0.1) is 6.42 Å². The van der Waals surface area contributed by atoms with Gasteiger partial charge < -0.3 is 33.7 Å². The molecule has 0 heterocycles. The van der Waals surface area contributed by atoms with Crippen LogP contribution in [-0.2, 0) is 28.4 Å². The third-order valence-corrected chi connectivity index (χ3v) is 5.53. The molecule has 2 aromatic carbocycles. The minimum atomic E-state index is -0.446. The minimum Gasteiger partial charge on any atom is -0.449 e. The highest BCUT2D eigenvalue weighted by Crippen LogP contribution is 2.44. The Labute approximate surface area is 213 Å². The minimum absolute atomic E-state index is 0.0480. The predicted molar refractivity (Wildman–Crippen MR) is 136 cm³/mol. The Balaban J connectivity index is 1.14. The molecule has 0 spiro atoms. The Morgan fingerprint density at radius 1 is 0.722 bits per heavy atom. The van der Waals surface area contributed by atoms with E-state index in [1.165, 1.54) is 22.3 Å². The van der Waals surface area contributed by atoms with E-state index in [1.807, 2.05) is 24.3 Å². The third kappa shape index (κ3) is 9.26. The summed E-state index contributed by atoms with van der Waals surface area (Å²) in [5, 5.41) is 2.73. The number of ether oxygens (including phenoxy) is 6. The molecule has 0 aromatic heterocycles. The van der Waals surface area contributed by atoms with Crippen LogP contribution < -0.4 is 5.32 Å². The summed E-state index contributed by atoms with van der Waals surface area (Å²) in [6, 6.07) is 16.5. The van der Waals surface area contributed by atoms with Gasteiger partial charge in [-0.2, -0.15) is 0 Å². The molecule has 1 aliphatic rings. The van der Waals surface area contributed by atoms with Crippen LogP contribution in [0, 0.1) is 12.3 Å². The SMILES string of the molecule is C#CCOCCOCCOCCOCCOCCNC(=O)OCC1c2ccccc2-c2ccccc21. The lowest BCUT2D eigenvalue weighted by Gasteiger charge is -2.14. The van der Waals surface area contributed by atoms with E-state index in [1.54, 1.807) is 0 Å². The fourth-order valence-electron chi connectivity index (χ4n) is 3.89. The highest BCUT2D eigenvalue weighted by Gasteiger charge is 2.28. The molecule has 0 saturated carbocycles. The van der Waals surface area contributed by atoms with Crippen LogP contribution in [0.3, 0.4) is 0 Å². The topological polar surface area (TPSA) is 84.5 Å². The van der Waals surface area contributed by atoms with Gasteiger partial charge in [0.25, 0.3) is 0 Å². The first kappa shape index (κ1) is 27.7. The first-order valence-corrected chi connectivity index (χ1v) is 12.2. The van der Waals surface area contributed by atoms with E-state index in [9.17, 15) is 4.79 Å². The molecule has 8 heteroatoms. The molecule has 1 aliphatic carbocycles. The first-order valence-electron chi connectivity index (χ1n) is 12.2. The zero-order valence-corrected chi connectivity index (χ0v) is 20.6. The fraction of sp³-hybridized carbons (Fsp3) is 0.464. The summed E-state index contributed by atoms with van der Waals surface area (Å²) in [5.74, 6) is 2.44. The number of alkyl carbamates (subject to hydrolysis) is 1. The summed E-state index contributed by atoms with van der Waals surface area (Å²) in [6.07, 6.45) is 4.63. The first-order chi connectivity index (χ1) is 17.8. The molecule has 0 aliphatic heterocycles. The predicted octanol–water partition coefficient (Wildman–Crippen LogP) is 3.24. The molecule has 2 aromatic rings. The van der Waals surface area contributed by atoms with Gasteiger partial charge >= 0.3 is 6.09 Å². The van der Waals surface area contributed by atoms with E-state index in [4.69, 9.17) is 34.8 Å². The molecule has 0 saturated heterocycles. The quantitative estimate of drug-likeness (QED) is 0.250. The van der Waals surface area contributed by atoms with E-state index in [2.05, 4.69) is 35.5 Å². The highest BCUT2D eigenvalue weighted by atomic mass is 16.6. The van der Waals surface area contributed by atoms with E-state index in [0.717, 1.165) is 0 Å². The Hall–Kier alpha value is -2.93. The van der Waals surface area contributed by atoms with Crippen molar-refractivity contribution >= 4 is 6.09 Å². The Bertz CT molecular complexity index is 913. The average molecular weight is 498 g/mol. The van der Waals surface area contributed by atoms with Crippen molar-refractivity contribution < 1.29 is 33.2 Å². The van der Waals surface area contributed by atoms with Crippen LogP contribution in [0.2, 0.25) is 0 Å². The number of carbonyl (C=O) groups is 1. The number of hydrogen-bond acceptors (Lipinski definition) is 7. The van der Waals surface area contributed by atoms with Crippen LogP contribution in [-0.4, -0.2) is 85.3 Å². The van der Waals surface area contributed by atoms with Crippen molar-refractivity contribution in [2.45, 2.75) is 5.92 Å². The van der Waals surface area contributed by atoms with Crippen molar-refractivity contribution in [3.05, 3.63) is 59.7 Å². The second kappa shape index (κ2) is 16.7. The standard InChI is InChI=1S/C28H35NO7/c1-2-12-31-14-16-33-18-20-35-21-19-34-17-15-32-13-11-29-28(30)36-22-27-25-9-5-3-7-23(25)24-8-4-6-10-26(24)27/h1,3-10,27H,11-22H2,(H,29,30). The smallest absolute Gasteiger partial charge is 0.407 e. The van der Waals surface area contributed by atoms with Crippen molar-refractivity contribution in [3.8, 4) is 23.5 Å². The summed E-state index contributed by atoms with van der Waals surface area (Å²) in [7, 11) is 0. The summed E-state index contributed by atoms with van der Waals surface area (Å²) in [5.41, 5.74) is 4.79. The summed E-state index contributed by atoms with van der Waals surface area (Å²) < 4.78 is 32.3. The number of hydrogen-bond donors (Lipinski definition) is 1. The van der Waals surface area contributed by atoms with Crippen molar-refractivity contribution in [1.29, 1.82) is 0 Å². The van der Waals surface area contributed by atoms with Crippen molar-refractivity contribution in [2.75, 3.05) is 79.2 Å². The molecule has 194 valence electrons. The zero-order valence-electron chi connectivity index (χ0n) is 20.6. The molecule has 0 bridgehead atoms. The van der Waals surface area contributed by atoms with Crippen molar-refractivity contribution in [1.82, 2.24) is 5.32 Å². The van der Waals surface area contributed by atoms with Crippen molar-refractivity contribution in [3.63, 3.8) is 0 Å². The zero-order chi connectivity index (χ0) is 25.3. The number of rotatable bonds is 18. The lowest BCUT2D eigenvalue weighted by atomic mass is 9.98. The van der Waals surface area contributed by atoms with E-state index in [0.29, 0.717) is 79.2 Å². The van der Waals surface area contributed by atoms with Gasteiger partial charge in [-0.25, -0.2) is 4.79 Å². The van der Waals surface area contributed by atoms with Gasteiger partial charge in [0.1, 0.15) is 13.2 Å². The number of fused-ring (bicyclic) bond motifs is 3. The molecular weight excluding hydrogens is 462 g/mol. The highest BCUT2D eigenvalue weighted by molar-refractivity contribution is 5.79. The maximum absolute atomic E-state index is 12.1. The van der Waals surface area contributed by atoms with Gasteiger partial charge in [-0.05, 0) is 22.3 Å². The van der Waals surface area contributed by atoms with Crippen LogP contribution in [0.1, 0.15) is 17.0 Å². The normalized spacial score (nSPS) is 12.1. The number of amides is 1. The molecule has 36 heavy (non-hydrogen) atoms. The second-order valence-electron chi connectivity index (χ2n) is 7.96. The van der Waals surface area contributed by atoms with E-state index < -0.39 is 6.09 Å². The van der Waals surface area contributed by atoms with Crippen LogP contribution in [0.25, 0.3) is 11.1 Å². The van der Waals surface area contributed by atoms with Crippen LogP contribution in [0.4, 0.5) is 4.79 Å². The molecule has 8 nitrogen and oxygen atoms in total. The third-order valence-electron chi connectivity index (χ3n) is 5.53. The average Bonchev–Trinajstić information content (AvgIpc) is 3.23. The fourth-order valence-corrected chi connectivity index (χ4v) is 3.89. The summed E-state index contributed by atoms with van der Waals surface area (Å²) >= 11 is 0. The van der Waals surface area contributed by atoms with Gasteiger partial charge in [0.05, 0.1) is 59.5 Å². The molecule has 0 fully saturated rings. The molecular formula is C28H35NO7. The lowest BCUT2D eigenvalue weighted by Crippen LogP contribution is -2.29. The Morgan fingerprint density at radius 2 is 1.19 bits per heavy atom. The van der Waals surface area contributed by atoms with Crippen molar-refractivity contribution in [2.24, 2.45) is 0 Å². The van der Waals surface area contributed by atoms with Gasteiger partial charge in [0.15, 0.2) is 0 Å². The molecule has 1 amide bonds. The van der Waals surface area contributed by atoms with Gasteiger partial charge in [0.2, 0.25) is 0 Å². The maximum atomic E-state index is 12.1. The van der Waals surface area contributed by atoms with Gasteiger partial charge in [0, 0.05) is 12.5 Å². The van der Waals surface area contributed by atoms with Crippen LogP contribution >= 0.6 is 0 Å². The number of terminal acetylenes is 1. The largest absolute Gasteiger partial charge is 0.449 e. The van der Waals surface area contributed by atoms with Crippen LogP contribution in [0.15, 0.2) is 48.5 Å². The molecule has 0 unspecified atom stereocenters. The Kier molecular flexibility index (Phi) is 12.8. The number of benzene rings is 2. The molecule has 3 rings (SSSR count). The van der Waals surface area contributed by atoms with E-state index >= 15 is 0 Å². The number of nitrogens with one attached hydrogen (secondary N) is 1. The molecule has 1 N–H and O–H groups in total. The molecule has 0 atom stereocenters. The van der Waals surface area contributed by atoms with Gasteiger partial charge in [-0.3, -0.25) is 0 Å².